The van der Waals surface area contributed by atoms with Crippen LogP contribution in [0.3, 0.4) is 0 Å². The molecule has 0 amide bonds. The number of nitrogen functional groups attached to an aromatic ring is 1. The Bertz CT molecular complexity index is 264. The van der Waals surface area contributed by atoms with Crippen LogP contribution in [0.2, 0.25) is 5.02 Å². The van der Waals surface area contributed by atoms with Crippen molar-refractivity contribution < 1.29 is 4.74 Å². The summed E-state index contributed by atoms with van der Waals surface area (Å²) in [5.41, 5.74) is 5.49. The molecule has 0 unspecified atom stereocenters. The van der Waals surface area contributed by atoms with Crippen molar-refractivity contribution in [3.8, 4) is 0 Å². The molecule has 0 fully saturated rings. The van der Waals surface area contributed by atoms with Gasteiger partial charge in [0.05, 0.1) is 6.10 Å². The summed E-state index contributed by atoms with van der Waals surface area (Å²) in [6, 6.07) is 0. The Labute approximate surface area is 89.0 Å². The van der Waals surface area contributed by atoms with Crippen molar-refractivity contribution in [1.29, 1.82) is 0 Å². The van der Waals surface area contributed by atoms with Gasteiger partial charge in [0.25, 0.3) is 0 Å². The van der Waals surface area contributed by atoms with Crippen molar-refractivity contribution in [2.75, 3.05) is 5.73 Å². The molecule has 0 bridgehead atoms. The fourth-order valence-electron chi connectivity index (χ4n) is 1.18. The first kappa shape index (κ1) is 11.3. The minimum absolute atomic E-state index is 0.277. The maximum Gasteiger partial charge on any atom is 0.164 e. The molecule has 0 atom stereocenters. The molecule has 80 valence electrons. The molecule has 14 heavy (non-hydrogen) atoms. The molecule has 1 aromatic rings. The summed E-state index contributed by atoms with van der Waals surface area (Å²) in [7, 11) is 0. The Morgan fingerprint density at radius 2 is 2.21 bits per heavy atom. The number of anilines is 1. The van der Waals surface area contributed by atoms with Gasteiger partial charge in [0.15, 0.2) is 5.82 Å². The molecular weight excluding hydrogens is 202 g/mol. The van der Waals surface area contributed by atoms with E-state index in [0.717, 1.165) is 12.8 Å². The van der Waals surface area contributed by atoms with Crippen molar-refractivity contribution in [2.24, 2.45) is 0 Å². The van der Waals surface area contributed by atoms with E-state index in [4.69, 9.17) is 22.1 Å². The number of nitrogens with two attached hydrogens (primary N) is 1. The average molecular weight is 218 g/mol. The normalized spacial score (nSPS) is 11.1. The Hall–Kier alpha value is -0.740. The van der Waals surface area contributed by atoms with Crippen molar-refractivity contribution in [2.45, 2.75) is 39.5 Å². The maximum absolute atomic E-state index is 5.75. The van der Waals surface area contributed by atoms with Gasteiger partial charge >= 0.3 is 0 Å². The van der Waals surface area contributed by atoms with Crippen molar-refractivity contribution >= 4 is 17.4 Å². The Kier molecular flexibility index (Phi) is 4.22. The lowest BCUT2D eigenvalue weighted by molar-refractivity contribution is -0.00247. The van der Waals surface area contributed by atoms with Crippen molar-refractivity contribution in [1.82, 2.24) is 9.78 Å². The largest absolute Gasteiger partial charge is 0.381 e. The summed E-state index contributed by atoms with van der Waals surface area (Å²) >= 11 is 5.75. The highest BCUT2D eigenvalue weighted by Gasteiger charge is 2.06. The molecule has 1 aromatic heterocycles. The smallest absolute Gasteiger partial charge is 0.164 e. The van der Waals surface area contributed by atoms with Gasteiger partial charge in [0.1, 0.15) is 11.8 Å². The molecule has 5 heteroatoms. The van der Waals surface area contributed by atoms with Gasteiger partial charge in [-0.05, 0) is 12.8 Å². The molecule has 0 aliphatic carbocycles. The van der Waals surface area contributed by atoms with Crippen LogP contribution in [0.1, 0.15) is 26.7 Å². The Morgan fingerprint density at radius 3 is 2.64 bits per heavy atom. The molecule has 0 aliphatic heterocycles. The quantitative estimate of drug-likeness (QED) is 0.824. The fraction of sp³-hybridized carbons (Fsp3) is 0.667. The van der Waals surface area contributed by atoms with Crippen LogP contribution in [0.5, 0.6) is 0 Å². The number of halogens is 1. The van der Waals surface area contributed by atoms with Gasteiger partial charge in [-0.2, -0.15) is 5.10 Å². The third-order valence-electron chi connectivity index (χ3n) is 2.10. The van der Waals surface area contributed by atoms with E-state index in [-0.39, 0.29) is 6.10 Å². The molecule has 2 N–H and O–H groups in total. The van der Waals surface area contributed by atoms with Crippen LogP contribution in [0.4, 0.5) is 5.82 Å². The van der Waals surface area contributed by atoms with E-state index < -0.39 is 0 Å². The lowest BCUT2D eigenvalue weighted by Gasteiger charge is -2.13. The summed E-state index contributed by atoms with van der Waals surface area (Å²) in [5, 5.41) is 4.46. The van der Waals surface area contributed by atoms with Gasteiger partial charge in [-0.1, -0.05) is 25.4 Å². The van der Waals surface area contributed by atoms with Crippen LogP contribution in [-0.2, 0) is 11.5 Å². The number of aromatic nitrogens is 2. The fourth-order valence-corrected chi connectivity index (χ4v) is 1.33. The van der Waals surface area contributed by atoms with Crippen LogP contribution < -0.4 is 5.73 Å². The number of ether oxygens (including phenoxy) is 1. The van der Waals surface area contributed by atoms with Crippen molar-refractivity contribution in [3.63, 3.8) is 0 Å². The third-order valence-corrected chi connectivity index (χ3v) is 2.39. The second-order valence-corrected chi connectivity index (χ2v) is 3.54. The van der Waals surface area contributed by atoms with Gasteiger partial charge in [0, 0.05) is 6.20 Å². The second-order valence-electron chi connectivity index (χ2n) is 3.14. The highest BCUT2D eigenvalue weighted by molar-refractivity contribution is 6.32. The summed E-state index contributed by atoms with van der Waals surface area (Å²) < 4.78 is 7.19. The molecule has 0 aliphatic rings. The van der Waals surface area contributed by atoms with Gasteiger partial charge in [-0.3, -0.25) is 0 Å². The number of rotatable bonds is 5. The van der Waals surface area contributed by atoms with Crippen molar-refractivity contribution in [3.05, 3.63) is 11.2 Å². The minimum Gasteiger partial charge on any atom is -0.381 e. The summed E-state index contributed by atoms with van der Waals surface area (Å²) in [6.45, 7) is 4.60. The number of hydrogen-bond donors (Lipinski definition) is 1. The summed E-state index contributed by atoms with van der Waals surface area (Å²) in [6.07, 6.45) is 3.94. The number of hydrogen-bond acceptors (Lipinski definition) is 3. The zero-order valence-corrected chi connectivity index (χ0v) is 9.29. The van der Waals surface area contributed by atoms with E-state index in [2.05, 4.69) is 18.9 Å². The van der Waals surface area contributed by atoms with E-state index in [1.165, 1.54) is 0 Å². The maximum atomic E-state index is 5.75. The first-order valence-corrected chi connectivity index (χ1v) is 5.15. The lowest BCUT2D eigenvalue weighted by atomic mass is 10.2. The standard InChI is InChI=1S/C9H16ClN3O/c1-3-7(4-2)14-6-13-5-8(10)9(11)12-13/h5,7H,3-4,6H2,1-2H3,(H2,11,12). The molecule has 0 saturated heterocycles. The molecular formula is C9H16ClN3O. The second kappa shape index (κ2) is 5.22. The molecule has 1 heterocycles. The average Bonchev–Trinajstić information content (AvgIpc) is 2.48. The van der Waals surface area contributed by atoms with Gasteiger partial charge in [-0.15, -0.1) is 0 Å². The minimum atomic E-state index is 0.277. The summed E-state index contributed by atoms with van der Waals surface area (Å²) in [4.78, 5) is 0. The van der Waals surface area contributed by atoms with E-state index in [1.807, 2.05) is 0 Å². The van der Waals surface area contributed by atoms with E-state index in [9.17, 15) is 0 Å². The molecule has 0 radical (unpaired) electrons. The molecule has 0 saturated carbocycles. The van der Waals surface area contributed by atoms with E-state index in [0.29, 0.717) is 17.6 Å². The highest BCUT2D eigenvalue weighted by atomic mass is 35.5. The zero-order chi connectivity index (χ0) is 10.6. The monoisotopic (exact) mass is 217 g/mol. The van der Waals surface area contributed by atoms with Crippen LogP contribution in [0, 0.1) is 0 Å². The molecule has 4 nitrogen and oxygen atoms in total. The zero-order valence-electron chi connectivity index (χ0n) is 8.53. The van der Waals surface area contributed by atoms with Gasteiger partial charge in [0.2, 0.25) is 0 Å². The Balaban J connectivity index is 2.45. The molecule has 0 aromatic carbocycles. The van der Waals surface area contributed by atoms with Gasteiger partial charge in [-0.25, -0.2) is 4.68 Å². The molecule has 1 rings (SSSR count). The van der Waals surface area contributed by atoms with E-state index in [1.54, 1.807) is 10.9 Å². The first-order valence-electron chi connectivity index (χ1n) is 4.77. The predicted molar refractivity (Wildman–Crippen MR) is 57.1 cm³/mol. The predicted octanol–water partition coefficient (Wildman–Crippen LogP) is 2.28. The molecule has 0 spiro atoms. The number of nitrogens with zero attached hydrogens (tertiary/aromatic N) is 2. The van der Waals surface area contributed by atoms with E-state index >= 15 is 0 Å². The third kappa shape index (κ3) is 2.89. The van der Waals surface area contributed by atoms with Crippen LogP contribution in [0.25, 0.3) is 0 Å². The highest BCUT2D eigenvalue weighted by Crippen LogP contribution is 2.15. The van der Waals surface area contributed by atoms with Crippen LogP contribution >= 0.6 is 11.6 Å². The Morgan fingerprint density at radius 1 is 1.57 bits per heavy atom. The van der Waals surface area contributed by atoms with Crippen LogP contribution in [-0.4, -0.2) is 15.9 Å². The lowest BCUT2D eigenvalue weighted by Crippen LogP contribution is -2.14. The van der Waals surface area contributed by atoms with Crippen LogP contribution in [0.15, 0.2) is 6.20 Å². The SMILES string of the molecule is CCC(CC)OCn1cc(Cl)c(N)n1. The first-order chi connectivity index (χ1) is 6.67. The van der Waals surface area contributed by atoms with Gasteiger partial charge < -0.3 is 10.5 Å². The topological polar surface area (TPSA) is 53.1 Å². The summed E-state index contributed by atoms with van der Waals surface area (Å²) in [5.74, 6) is 0.347.